The summed E-state index contributed by atoms with van der Waals surface area (Å²) >= 11 is 0. The van der Waals surface area contributed by atoms with Crippen LogP contribution in [0.15, 0.2) is 24.0 Å². The molecule has 1 rings (SSSR count). The van der Waals surface area contributed by atoms with Crippen LogP contribution in [0, 0.1) is 0 Å². The average molecular weight is 278 g/mol. The van der Waals surface area contributed by atoms with Crippen LogP contribution >= 0.6 is 0 Å². The summed E-state index contributed by atoms with van der Waals surface area (Å²) in [6, 6.07) is 0. The first-order valence-electron chi connectivity index (χ1n) is 8.43. The van der Waals surface area contributed by atoms with E-state index in [0.717, 1.165) is 6.42 Å². The number of hydrogen-bond acceptors (Lipinski definition) is 2. The first kappa shape index (κ1) is 17.0. The van der Waals surface area contributed by atoms with Crippen molar-refractivity contribution in [3.8, 4) is 0 Å². The zero-order chi connectivity index (χ0) is 14.5. The Morgan fingerprint density at radius 3 is 1.90 bits per heavy atom. The van der Waals surface area contributed by atoms with Crippen LogP contribution in [-0.4, -0.2) is 5.97 Å². The molecule has 2 nitrogen and oxygen atoms in total. The van der Waals surface area contributed by atoms with Crippen molar-refractivity contribution in [2.24, 2.45) is 0 Å². The second-order valence-electron chi connectivity index (χ2n) is 5.69. The highest BCUT2D eigenvalue weighted by Crippen LogP contribution is 2.14. The number of cyclic esters (lactones) is 1. The lowest BCUT2D eigenvalue weighted by atomic mass is 10.1. The van der Waals surface area contributed by atoms with E-state index >= 15 is 0 Å². The number of rotatable bonds is 13. The van der Waals surface area contributed by atoms with Crippen molar-refractivity contribution in [1.29, 1.82) is 0 Å². The maximum Gasteiger partial charge on any atom is 0.339 e. The standard InChI is InChI=1S/C18H30O2/c1-2-3-4-5-6-7-8-9-10-11-12-13-14-15-17-16-18(19)20-17/h14-16H,2-13H2,1H3. The number of allylic oxidation sites excluding steroid dienone is 2. The number of ether oxygens (including phenoxy) is 1. The number of esters is 1. The van der Waals surface area contributed by atoms with Gasteiger partial charge in [0.2, 0.25) is 0 Å². The third kappa shape index (κ3) is 8.95. The highest BCUT2D eigenvalue weighted by atomic mass is 16.6. The molecule has 0 fully saturated rings. The lowest BCUT2D eigenvalue weighted by Gasteiger charge is -2.09. The molecule has 0 unspecified atom stereocenters. The molecule has 0 spiro atoms. The van der Waals surface area contributed by atoms with Gasteiger partial charge in [-0.1, -0.05) is 77.2 Å². The van der Waals surface area contributed by atoms with Gasteiger partial charge in [-0.2, -0.15) is 0 Å². The minimum absolute atomic E-state index is 0.223. The van der Waals surface area contributed by atoms with Crippen LogP contribution in [0.25, 0.3) is 0 Å². The maximum atomic E-state index is 10.5. The van der Waals surface area contributed by atoms with Gasteiger partial charge in [-0.05, 0) is 18.9 Å². The predicted molar refractivity (Wildman–Crippen MR) is 84.4 cm³/mol. The third-order valence-electron chi connectivity index (χ3n) is 3.74. The van der Waals surface area contributed by atoms with Crippen LogP contribution < -0.4 is 0 Å². The summed E-state index contributed by atoms with van der Waals surface area (Å²) in [4.78, 5) is 10.5. The fourth-order valence-corrected chi connectivity index (χ4v) is 2.44. The molecule has 0 bridgehead atoms. The summed E-state index contributed by atoms with van der Waals surface area (Å²) in [7, 11) is 0. The smallest absolute Gasteiger partial charge is 0.339 e. The molecule has 2 heteroatoms. The minimum atomic E-state index is -0.223. The van der Waals surface area contributed by atoms with Gasteiger partial charge < -0.3 is 4.74 Å². The molecule has 20 heavy (non-hydrogen) atoms. The first-order valence-corrected chi connectivity index (χ1v) is 8.43. The van der Waals surface area contributed by atoms with Crippen molar-refractivity contribution in [2.75, 3.05) is 0 Å². The van der Waals surface area contributed by atoms with Gasteiger partial charge in [0.1, 0.15) is 5.76 Å². The summed E-state index contributed by atoms with van der Waals surface area (Å²) in [5.41, 5.74) is 0. The van der Waals surface area contributed by atoms with Gasteiger partial charge in [0.15, 0.2) is 0 Å². The largest absolute Gasteiger partial charge is 0.423 e. The zero-order valence-corrected chi connectivity index (χ0v) is 13.0. The molecule has 0 radical (unpaired) electrons. The third-order valence-corrected chi connectivity index (χ3v) is 3.74. The Labute approximate surface area is 124 Å². The van der Waals surface area contributed by atoms with E-state index in [1.807, 2.05) is 6.08 Å². The number of carbonyl (C=O) groups excluding carboxylic acids is 1. The summed E-state index contributed by atoms with van der Waals surface area (Å²) in [6.07, 6.45) is 21.8. The summed E-state index contributed by atoms with van der Waals surface area (Å²) in [5, 5.41) is 0. The Morgan fingerprint density at radius 2 is 1.40 bits per heavy atom. The Kier molecular flexibility index (Phi) is 9.99. The van der Waals surface area contributed by atoms with Crippen LogP contribution in [0.1, 0.15) is 84.0 Å². The topological polar surface area (TPSA) is 26.3 Å². The molecule has 0 aromatic heterocycles. The molecular weight excluding hydrogens is 248 g/mol. The molecule has 1 aliphatic rings. The summed E-state index contributed by atoms with van der Waals surface area (Å²) in [6.45, 7) is 2.27. The van der Waals surface area contributed by atoms with Gasteiger partial charge in [-0.3, -0.25) is 0 Å². The number of hydrogen-bond donors (Lipinski definition) is 0. The van der Waals surface area contributed by atoms with E-state index in [2.05, 4.69) is 13.0 Å². The molecule has 0 aromatic carbocycles. The molecule has 0 saturated heterocycles. The van der Waals surface area contributed by atoms with Gasteiger partial charge in [0, 0.05) is 0 Å². The lowest BCUT2D eigenvalue weighted by molar-refractivity contribution is -0.137. The van der Waals surface area contributed by atoms with E-state index in [1.54, 1.807) is 0 Å². The van der Waals surface area contributed by atoms with E-state index in [4.69, 9.17) is 4.74 Å². The van der Waals surface area contributed by atoms with E-state index < -0.39 is 0 Å². The average Bonchev–Trinajstić information content (AvgIpc) is 2.41. The molecule has 1 aliphatic heterocycles. The number of carbonyl (C=O) groups is 1. The second kappa shape index (κ2) is 11.7. The van der Waals surface area contributed by atoms with Crippen molar-refractivity contribution >= 4 is 5.97 Å². The van der Waals surface area contributed by atoms with Crippen LogP contribution in [0.4, 0.5) is 0 Å². The molecule has 1 heterocycles. The monoisotopic (exact) mass is 278 g/mol. The van der Waals surface area contributed by atoms with Crippen molar-refractivity contribution in [2.45, 2.75) is 84.0 Å². The number of unbranched alkanes of at least 4 members (excludes halogenated alkanes) is 11. The molecular formula is C18H30O2. The van der Waals surface area contributed by atoms with Gasteiger partial charge in [0.05, 0.1) is 6.08 Å². The first-order chi connectivity index (χ1) is 9.83. The molecule has 0 saturated carbocycles. The van der Waals surface area contributed by atoms with Crippen LogP contribution in [-0.2, 0) is 9.53 Å². The van der Waals surface area contributed by atoms with Crippen molar-refractivity contribution in [3.05, 3.63) is 24.0 Å². The van der Waals surface area contributed by atoms with Gasteiger partial charge >= 0.3 is 5.97 Å². The Bertz CT molecular complexity index is 315. The molecule has 0 atom stereocenters. The minimum Gasteiger partial charge on any atom is -0.423 e. The van der Waals surface area contributed by atoms with E-state index in [1.165, 1.54) is 76.7 Å². The Hall–Kier alpha value is -1.05. The van der Waals surface area contributed by atoms with E-state index in [9.17, 15) is 4.79 Å². The quantitative estimate of drug-likeness (QED) is 0.320. The Morgan fingerprint density at radius 1 is 0.900 bits per heavy atom. The van der Waals surface area contributed by atoms with Gasteiger partial charge in [-0.25, -0.2) is 4.79 Å². The second-order valence-corrected chi connectivity index (χ2v) is 5.69. The van der Waals surface area contributed by atoms with Crippen LogP contribution in [0.5, 0.6) is 0 Å². The summed E-state index contributed by atoms with van der Waals surface area (Å²) < 4.78 is 4.78. The van der Waals surface area contributed by atoms with Crippen LogP contribution in [0.3, 0.4) is 0 Å². The lowest BCUT2D eigenvalue weighted by Crippen LogP contribution is -2.10. The molecule has 0 N–H and O–H groups in total. The van der Waals surface area contributed by atoms with Crippen molar-refractivity contribution in [3.63, 3.8) is 0 Å². The molecule has 0 amide bonds. The highest BCUT2D eigenvalue weighted by Gasteiger charge is 2.12. The van der Waals surface area contributed by atoms with Crippen LogP contribution in [0.2, 0.25) is 0 Å². The molecule has 0 aliphatic carbocycles. The SMILES string of the molecule is CCCCCCCCCCCCCC=CC1=CC(=O)O1. The van der Waals surface area contributed by atoms with Gasteiger partial charge in [0.25, 0.3) is 0 Å². The zero-order valence-electron chi connectivity index (χ0n) is 13.0. The van der Waals surface area contributed by atoms with E-state index in [0.29, 0.717) is 5.76 Å². The van der Waals surface area contributed by atoms with E-state index in [-0.39, 0.29) is 5.97 Å². The van der Waals surface area contributed by atoms with Crippen molar-refractivity contribution in [1.82, 2.24) is 0 Å². The maximum absolute atomic E-state index is 10.5. The molecule has 0 aromatic rings. The Balaban J connectivity index is 1.74. The molecule has 114 valence electrons. The fraction of sp³-hybridized carbons (Fsp3) is 0.722. The van der Waals surface area contributed by atoms with Crippen molar-refractivity contribution < 1.29 is 9.53 Å². The predicted octanol–water partition coefficient (Wildman–Crippen LogP) is 5.68. The highest BCUT2D eigenvalue weighted by molar-refractivity contribution is 5.89. The normalized spacial score (nSPS) is 14.2. The fourth-order valence-electron chi connectivity index (χ4n) is 2.44. The summed E-state index contributed by atoms with van der Waals surface area (Å²) in [5.74, 6) is 0.484. The van der Waals surface area contributed by atoms with Gasteiger partial charge in [-0.15, -0.1) is 0 Å².